The lowest BCUT2D eigenvalue weighted by Crippen LogP contribution is -2.46. The quantitative estimate of drug-likeness (QED) is 0.847. The van der Waals surface area contributed by atoms with Crippen LogP contribution in [0.1, 0.15) is 51.4 Å². The molecule has 0 aromatic heterocycles. The third kappa shape index (κ3) is 4.91. The Morgan fingerprint density at radius 1 is 0.783 bits per heavy atom. The number of amides is 1. The number of β-amino-alcohol motifs (C(OH)–C–C–N with tert-alkyl or cyclic N) is 1. The van der Waals surface area contributed by atoms with Gasteiger partial charge in [0.15, 0.2) is 0 Å². The van der Waals surface area contributed by atoms with E-state index in [1.165, 1.54) is 19.3 Å². The number of nitrogens with zero attached hydrogens (tertiary/aromatic N) is 3. The van der Waals surface area contributed by atoms with Gasteiger partial charge in [0.25, 0.3) is 0 Å². The Morgan fingerprint density at radius 2 is 1.43 bits per heavy atom. The van der Waals surface area contributed by atoms with Crippen LogP contribution in [0.15, 0.2) is 0 Å². The Bertz CT molecular complexity index is 390. The average molecular weight is 323 g/mol. The molecule has 1 saturated carbocycles. The van der Waals surface area contributed by atoms with Crippen LogP contribution in [-0.4, -0.2) is 83.7 Å². The summed E-state index contributed by atoms with van der Waals surface area (Å²) in [5.74, 6) is 0.307. The number of rotatable bonds is 4. The van der Waals surface area contributed by atoms with Gasteiger partial charge in [-0.25, -0.2) is 0 Å². The van der Waals surface area contributed by atoms with Gasteiger partial charge < -0.3 is 10.0 Å². The molecule has 3 aliphatic rings. The molecule has 1 aliphatic carbocycles. The lowest BCUT2D eigenvalue weighted by Gasteiger charge is -2.36. The largest absolute Gasteiger partial charge is 0.389 e. The molecule has 1 N–H and O–H groups in total. The molecule has 2 saturated heterocycles. The molecule has 0 aromatic rings. The monoisotopic (exact) mass is 323 g/mol. The minimum atomic E-state index is -0.460. The number of hydrogen-bond acceptors (Lipinski definition) is 4. The van der Waals surface area contributed by atoms with Crippen LogP contribution in [-0.2, 0) is 4.79 Å². The molecule has 0 atom stereocenters. The molecule has 2 heterocycles. The first-order valence-corrected chi connectivity index (χ1v) is 9.60. The SMILES string of the molecule is O=C(CN1CCCN(CC2(O)CCCCC2)CC1)N1CCCC1. The fraction of sp³-hybridized carbons (Fsp3) is 0.944. The van der Waals surface area contributed by atoms with Crippen molar-refractivity contribution >= 4 is 5.91 Å². The predicted octanol–water partition coefficient (Wildman–Crippen LogP) is 1.31. The maximum absolute atomic E-state index is 12.3. The van der Waals surface area contributed by atoms with Gasteiger partial charge in [0.1, 0.15) is 0 Å². The summed E-state index contributed by atoms with van der Waals surface area (Å²) in [4.78, 5) is 19.1. The maximum Gasteiger partial charge on any atom is 0.236 e. The molecule has 0 aromatic carbocycles. The van der Waals surface area contributed by atoms with Crippen LogP contribution in [0.25, 0.3) is 0 Å². The topological polar surface area (TPSA) is 47.0 Å². The first kappa shape index (κ1) is 17.2. The minimum absolute atomic E-state index is 0.307. The van der Waals surface area contributed by atoms with Crippen molar-refractivity contribution in [1.29, 1.82) is 0 Å². The zero-order chi connectivity index (χ0) is 16.1. The Morgan fingerprint density at radius 3 is 2.17 bits per heavy atom. The van der Waals surface area contributed by atoms with Gasteiger partial charge in [-0.3, -0.25) is 14.6 Å². The molecule has 0 radical (unpaired) electrons. The lowest BCUT2D eigenvalue weighted by molar-refractivity contribution is -0.131. The summed E-state index contributed by atoms with van der Waals surface area (Å²) >= 11 is 0. The van der Waals surface area contributed by atoms with E-state index in [2.05, 4.69) is 9.80 Å². The van der Waals surface area contributed by atoms with Gasteiger partial charge in [-0.1, -0.05) is 19.3 Å². The summed E-state index contributed by atoms with van der Waals surface area (Å²) in [5.41, 5.74) is -0.460. The first-order valence-electron chi connectivity index (χ1n) is 9.60. The van der Waals surface area contributed by atoms with E-state index in [0.29, 0.717) is 12.5 Å². The van der Waals surface area contributed by atoms with E-state index in [1.54, 1.807) is 0 Å². The van der Waals surface area contributed by atoms with Crippen LogP contribution in [0.4, 0.5) is 0 Å². The molecule has 5 heteroatoms. The van der Waals surface area contributed by atoms with Crippen molar-refractivity contribution in [2.75, 3.05) is 52.4 Å². The molecule has 3 rings (SSSR count). The van der Waals surface area contributed by atoms with Crippen LogP contribution >= 0.6 is 0 Å². The summed E-state index contributed by atoms with van der Waals surface area (Å²) in [5, 5.41) is 10.8. The molecule has 3 fully saturated rings. The van der Waals surface area contributed by atoms with Gasteiger partial charge in [-0.05, 0) is 45.2 Å². The highest BCUT2D eigenvalue weighted by Crippen LogP contribution is 2.29. The van der Waals surface area contributed by atoms with Crippen LogP contribution in [0.5, 0.6) is 0 Å². The first-order chi connectivity index (χ1) is 11.1. The van der Waals surface area contributed by atoms with E-state index >= 15 is 0 Å². The zero-order valence-electron chi connectivity index (χ0n) is 14.5. The Hall–Kier alpha value is -0.650. The van der Waals surface area contributed by atoms with Crippen molar-refractivity contribution < 1.29 is 9.90 Å². The summed E-state index contributed by atoms with van der Waals surface area (Å²) in [6.45, 7) is 7.30. The van der Waals surface area contributed by atoms with Crippen molar-refractivity contribution in [1.82, 2.24) is 14.7 Å². The molecule has 2 aliphatic heterocycles. The van der Waals surface area contributed by atoms with E-state index in [9.17, 15) is 9.90 Å². The highest BCUT2D eigenvalue weighted by Gasteiger charge is 2.32. The number of aliphatic hydroxyl groups is 1. The van der Waals surface area contributed by atoms with Crippen LogP contribution in [0.3, 0.4) is 0 Å². The van der Waals surface area contributed by atoms with Gasteiger partial charge in [0.05, 0.1) is 12.1 Å². The standard InChI is InChI=1S/C18H33N3O2/c22-17(21-11-4-5-12-21)15-19-9-6-10-20(14-13-19)16-18(23)7-2-1-3-8-18/h23H,1-16H2. The van der Waals surface area contributed by atoms with E-state index in [1.807, 2.05) is 4.90 Å². The van der Waals surface area contributed by atoms with Crippen LogP contribution in [0.2, 0.25) is 0 Å². The minimum Gasteiger partial charge on any atom is -0.389 e. The molecule has 5 nitrogen and oxygen atoms in total. The molecule has 0 unspecified atom stereocenters. The third-order valence-corrected chi connectivity index (χ3v) is 5.80. The summed E-state index contributed by atoms with van der Waals surface area (Å²) < 4.78 is 0. The van der Waals surface area contributed by atoms with Crippen molar-refractivity contribution in [3.05, 3.63) is 0 Å². The molecular weight excluding hydrogens is 290 g/mol. The van der Waals surface area contributed by atoms with E-state index in [-0.39, 0.29) is 0 Å². The lowest BCUT2D eigenvalue weighted by atomic mass is 9.84. The number of carbonyl (C=O) groups excluding carboxylic acids is 1. The number of hydrogen-bond donors (Lipinski definition) is 1. The Balaban J connectivity index is 1.44. The van der Waals surface area contributed by atoms with Gasteiger partial charge in [-0.15, -0.1) is 0 Å². The highest BCUT2D eigenvalue weighted by atomic mass is 16.3. The maximum atomic E-state index is 12.3. The van der Waals surface area contributed by atoms with E-state index < -0.39 is 5.60 Å². The number of likely N-dealkylation sites (tertiary alicyclic amines) is 1. The van der Waals surface area contributed by atoms with Crippen molar-refractivity contribution in [3.8, 4) is 0 Å². The second-order valence-electron chi connectivity index (χ2n) is 7.78. The fourth-order valence-electron chi connectivity index (χ4n) is 4.38. The predicted molar refractivity (Wildman–Crippen MR) is 91.3 cm³/mol. The molecular formula is C18H33N3O2. The number of carbonyl (C=O) groups is 1. The van der Waals surface area contributed by atoms with Gasteiger partial charge in [-0.2, -0.15) is 0 Å². The molecule has 23 heavy (non-hydrogen) atoms. The fourth-order valence-corrected chi connectivity index (χ4v) is 4.38. The average Bonchev–Trinajstić information content (AvgIpc) is 2.99. The van der Waals surface area contributed by atoms with Gasteiger partial charge >= 0.3 is 0 Å². The summed E-state index contributed by atoms with van der Waals surface area (Å²) in [7, 11) is 0. The van der Waals surface area contributed by atoms with Crippen LogP contribution in [0, 0.1) is 0 Å². The van der Waals surface area contributed by atoms with Gasteiger partial charge in [0.2, 0.25) is 5.91 Å². The smallest absolute Gasteiger partial charge is 0.236 e. The second-order valence-corrected chi connectivity index (χ2v) is 7.78. The van der Waals surface area contributed by atoms with E-state index in [4.69, 9.17) is 0 Å². The summed E-state index contributed by atoms with van der Waals surface area (Å²) in [6, 6.07) is 0. The molecule has 0 spiro atoms. The zero-order valence-corrected chi connectivity index (χ0v) is 14.5. The molecule has 132 valence electrons. The molecule has 0 bridgehead atoms. The Kier molecular flexibility index (Phi) is 5.94. The normalized spacial score (nSPS) is 27.1. The van der Waals surface area contributed by atoms with Gasteiger partial charge in [0, 0.05) is 32.7 Å². The third-order valence-electron chi connectivity index (χ3n) is 5.80. The second kappa shape index (κ2) is 7.95. The molecule has 1 amide bonds. The van der Waals surface area contributed by atoms with Crippen LogP contribution < -0.4 is 0 Å². The van der Waals surface area contributed by atoms with E-state index in [0.717, 1.165) is 77.9 Å². The van der Waals surface area contributed by atoms with Crippen molar-refractivity contribution in [2.45, 2.75) is 57.0 Å². The van der Waals surface area contributed by atoms with Crippen molar-refractivity contribution in [2.24, 2.45) is 0 Å². The van der Waals surface area contributed by atoms with Crippen molar-refractivity contribution in [3.63, 3.8) is 0 Å². The summed E-state index contributed by atoms with van der Waals surface area (Å²) in [6.07, 6.45) is 8.96. The highest BCUT2D eigenvalue weighted by molar-refractivity contribution is 5.78. The Labute approximate surface area is 140 Å².